The molecule has 5 atom stereocenters. The molecule has 0 saturated carbocycles. The van der Waals surface area contributed by atoms with Gasteiger partial charge in [-0.2, -0.15) is 0 Å². The van der Waals surface area contributed by atoms with Crippen molar-refractivity contribution in [3.05, 3.63) is 0 Å². The van der Waals surface area contributed by atoms with Gasteiger partial charge in [-0.25, -0.2) is 4.57 Å². The SMILES string of the molecule is CCC1CC(OP(=O)(O)OCC2CC(OC(C)C)CN2C(C)C)CN1C(C)C. The van der Waals surface area contributed by atoms with Gasteiger partial charge in [0.05, 0.1) is 24.9 Å². The monoisotopic (exact) mass is 420 g/mol. The van der Waals surface area contributed by atoms with Crippen LogP contribution >= 0.6 is 7.82 Å². The minimum absolute atomic E-state index is 0.0620. The molecule has 0 aromatic heterocycles. The van der Waals surface area contributed by atoms with Gasteiger partial charge in [0, 0.05) is 37.3 Å². The van der Waals surface area contributed by atoms with Crippen molar-refractivity contribution in [3.63, 3.8) is 0 Å². The smallest absolute Gasteiger partial charge is 0.374 e. The molecule has 0 bridgehead atoms. The Morgan fingerprint density at radius 3 is 2.00 bits per heavy atom. The highest BCUT2D eigenvalue weighted by atomic mass is 31.2. The third kappa shape index (κ3) is 6.76. The quantitative estimate of drug-likeness (QED) is 0.541. The number of phosphoric acid groups is 1. The van der Waals surface area contributed by atoms with E-state index >= 15 is 0 Å². The molecule has 0 aliphatic carbocycles. The van der Waals surface area contributed by atoms with Gasteiger partial charge in [-0.05, 0) is 60.8 Å². The standard InChI is InChI=1S/C20H41N2O5P/c1-8-17-9-20(12-21(17)14(2)3)27-28(23,24)25-13-18-10-19(26-16(6)7)11-22(18)15(4)5/h14-20H,8-13H2,1-7H3,(H,23,24). The van der Waals surface area contributed by atoms with Crippen molar-refractivity contribution in [1.29, 1.82) is 0 Å². The number of hydrogen-bond acceptors (Lipinski definition) is 6. The minimum Gasteiger partial charge on any atom is -0.374 e. The van der Waals surface area contributed by atoms with Crippen molar-refractivity contribution in [2.24, 2.45) is 0 Å². The molecular formula is C20H41N2O5P. The molecule has 0 amide bonds. The maximum absolute atomic E-state index is 12.6. The van der Waals surface area contributed by atoms with Gasteiger partial charge in [0.15, 0.2) is 0 Å². The first-order chi connectivity index (χ1) is 13.0. The van der Waals surface area contributed by atoms with Crippen LogP contribution in [0.3, 0.4) is 0 Å². The van der Waals surface area contributed by atoms with Gasteiger partial charge in [-0.15, -0.1) is 0 Å². The van der Waals surface area contributed by atoms with E-state index in [0.717, 1.165) is 25.8 Å². The van der Waals surface area contributed by atoms with E-state index < -0.39 is 7.82 Å². The molecule has 2 saturated heterocycles. The second-order valence-corrected chi connectivity index (χ2v) is 10.5. The van der Waals surface area contributed by atoms with E-state index in [9.17, 15) is 9.46 Å². The zero-order chi connectivity index (χ0) is 21.1. The Morgan fingerprint density at radius 2 is 1.50 bits per heavy atom. The van der Waals surface area contributed by atoms with Crippen molar-refractivity contribution >= 4 is 7.82 Å². The number of rotatable bonds is 10. The molecule has 1 N–H and O–H groups in total. The average Bonchev–Trinajstić information content (AvgIpc) is 3.16. The molecule has 2 aliphatic heterocycles. The fourth-order valence-electron chi connectivity index (χ4n) is 4.58. The zero-order valence-electron chi connectivity index (χ0n) is 18.7. The maximum atomic E-state index is 12.6. The second-order valence-electron chi connectivity index (χ2n) is 9.07. The third-order valence-electron chi connectivity index (χ3n) is 5.81. The van der Waals surface area contributed by atoms with Crippen molar-refractivity contribution < 1.29 is 23.2 Å². The summed E-state index contributed by atoms with van der Waals surface area (Å²) in [5, 5.41) is 0. The van der Waals surface area contributed by atoms with Crippen LogP contribution in [0.4, 0.5) is 0 Å². The lowest BCUT2D eigenvalue weighted by Gasteiger charge is -2.28. The lowest BCUT2D eigenvalue weighted by Crippen LogP contribution is -2.38. The normalized spacial score (nSPS) is 32.1. The summed E-state index contributed by atoms with van der Waals surface area (Å²) in [6.45, 7) is 16.5. The summed E-state index contributed by atoms with van der Waals surface area (Å²) >= 11 is 0. The first-order valence-corrected chi connectivity index (χ1v) is 12.3. The molecule has 8 heteroatoms. The van der Waals surface area contributed by atoms with Gasteiger partial charge >= 0.3 is 7.82 Å². The predicted octanol–water partition coefficient (Wildman–Crippen LogP) is 3.66. The average molecular weight is 421 g/mol. The number of hydrogen-bond donors (Lipinski definition) is 1. The zero-order valence-corrected chi connectivity index (χ0v) is 19.6. The van der Waals surface area contributed by atoms with Crippen LogP contribution in [0.2, 0.25) is 0 Å². The van der Waals surface area contributed by atoms with Gasteiger partial charge in [-0.3, -0.25) is 18.8 Å². The highest BCUT2D eigenvalue weighted by Gasteiger charge is 2.40. The molecule has 28 heavy (non-hydrogen) atoms. The van der Waals surface area contributed by atoms with Crippen LogP contribution in [0.5, 0.6) is 0 Å². The lowest BCUT2D eigenvalue weighted by atomic mass is 10.1. The Kier molecular flexibility index (Phi) is 8.96. The number of likely N-dealkylation sites (tertiary alicyclic amines) is 2. The molecule has 5 unspecified atom stereocenters. The Labute approximate surface area is 171 Å². The van der Waals surface area contributed by atoms with Crippen LogP contribution in [0.25, 0.3) is 0 Å². The largest absolute Gasteiger partial charge is 0.472 e. The molecule has 0 aromatic rings. The van der Waals surface area contributed by atoms with E-state index in [2.05, 4.69) is 44.4 Å². The minimum atomic E-state index is -4.09. The Hall–Kier alpha value is -0.0100. The first-order valence-electron chi connectivity index (χ1n) is 10.8. The van der Waals surface area contributed by atoms with Crippen molar-refractivity contribution in [3.8, 4) is 0 Å². The second kappa shape index (κ2) is 10.3. The fourth-order valence-corrected chi connectivity index (χ4v) is 5.53. The van der Waals surface area contributed by atoms with E-state index in [1.807, 2.05) is 13.8 Å². The third-order valence-corrected chi connectivity index (χ3v) is 6.85. The van der Waals surface area contributed by atoms with Crippen LogP contribution in [0.15, 0.2) is 0 Å². The van der Waals surface area contributed by atoms with Crippen LogP contribution in [-0.4, -0.2) is 76.9 Å². The molecule has 7 nitrogen and oxygen atoms in total. The van der Waals surface area contributed by atoms with Crippen molar-refractivity contribution in [1.82, 2.24) is 9.80 Å². The molecule has 2 aliphatic rings. The summed E-state index contributed by atoms with van der Waals surface area (Å²) < 4.78 is 29.5. The van der Waals surface area contributed by atoms with Crippen LogP contribution in [0.1, 0.15) is 67.7 Å². The highest BCUT2D eigenvalue weighted by Crippen LogP contribution is 2.47. The molecule has 0 spiro atoms. The van der Waals surface area contributed by atoms with Crippen LogP contribution in [0, 0.1) is 0 Å². The van der Waals surface area contributed by atoms with Crippen molar-refractivity contribution in [2.45, 2.75) is 110 Å². The summed E-state index contributed by atoms with van der Waals surface area (Å²) in [4.78, 5) is 14.9. The Morgan fingerprint density at radius 1 is 0.964 bits per heavy atom. The topological polar surface area (TPSA) is 71.5 Å². The number of nitrogens with zero attached hydrogens (tertiary/aromatic N) is 2. The van der Waals surface area contributed by atoms with E-state index in [4.69, 9.17) is 13.8 Å². The molecule has 2 heterocycles. The Balaban J connectivity index is 1.89. The molecule has 2 rings (SSSR count). The van der Waals surface area contributed by atoms with Gasteiger partial charge in [0.2, 0.25) is 0 Å². The summed E-state index contributed by atoms with van der Waals surface area (Å²) in [6, 6.07) is 1.18. The summed E-state index contributed by atoms with van der Waals surface area (Å²) in [6.07, 6.45) is 2.63. The van der Waals surface area contributed by atoms with Crippen molar-refractivity contribution in [2.75, 3.05) is 19.7 Å². The van der Waals surface area contributed by atoms with E-state index in [-0.39, 0.29) is 31.0 Å². The number of ether oxygens (including phenoxy) is 1. The molecule has 0 aromatic carbocycles. The maximum Gasteiger partial charge on any atom is 0.472 e. The van der Waals surface area contributed by atoms with Crippen LogP contribution in [-0.2, 0) is 18.3 Å². The van der Waals surface area contributed by atoms with E-state index in [0.29, 0.717) is 24.7 Å². The lowest BCUT2D eigenvalue weighted by molar-refractivity contribution is 0.0124. The van der Waals surface area contributed by atoms with Crippen LogP contribution < -0.4 is 0 Å². The summed E-state index contributed by atoms with van der Waals surface area (Å²) in [5.41, 5.74) is 0. The molecule has 2 fully saturated rings. The predicted molar refractivity (Wildman–Crippen MR) is 111 cm³/mol. The van der Waals surface area contributed by atoms with E-state index in [1.54, 1.807) is 0 Å². The molecular weight excluding hydrogens is 379 g/mol. The molecule has 0 radical (unpaired) electrons. The van der Waals surface area contributed by atoms with Gasteiger partial charge in [0.1, 0.15) is 0 Å². The van der Waals surface area contributed by atoms with Gasteiger partial charge in [0.25, 0.3) is 0 Å². The first kappa shape index (κ1) is 24.3. The molecule has 166 valence electrons. The van der Waals surface area contributed by atoms with E-state index in [1.165, 1.54) is 0 Å². The van der Waals surface area contributed by atoms with Gasteiger partial charge < -0.3 is 9.63 Å². The fraction of sp³-hybridized carbons (Fsp3) is 1.00. The summed E-state index contributed by atoms with van der Waals surface area (Å²) in [7, 11) is -4.09. The highest BCUT2D eigenvalue weighted by molar-refractivity contribution is 7.47. The Bertz CT molecular complexity index is 531. The van der Waals surface area contributed by atoms with Gasteiger partial charge in [-0.1, -0.05) is 6.92 Å². The summed E-state index contributed by atoms with van der Waals surface area (Å²) in [5.74, 6) is 0. The number of phosphoric ester groups is 1.